The fourth-order valence-corrected chi connectivity index (χ4v) is 4.11. The molecule has 0 aliphatic heterocycles. The number of pyridine rings is 2. The van der Waals surface area contributed by atoms with E-state index in [-0.39, 0.29) is 21.1 Å². The molecule has 164 valence electrons. The number of aromatic nitrogens is 3. The van der Waals surface area contributed by atoms with Gasteiger partial charge in [0.1, 0.15) is 0 Å². The molecule has 6 rings (SSSR count). The fraction of sp³-hybridized carbons (Fsp3) is 0. The van der Waals surface area contributed by atoms with Crippen molar-refractivity contribution in [2.75, 3.05) is 0 Å². The number of hydrogen-bond donors (Lipinski definition) is 0. The van der Waals surface area contributed by atoms with Gasteiger partial charge in [0.05, 0.1) is 5.69 Å². The summed E-state index contributed by atoms with van der Waals surface area (Å²) in [6.07, 6.45) is 7.85. The van der Waals surface area contributed by atoms with Crippen LogP contribution in [0.3, 0.4) is 0 Å². The van der Waals surface area contributed by atoms with Crippen LogP contribution in [0.2, 0.25) is 0 Å². The van der Waals surface area contributed by atoms with Crippen LogP contribution in [0.4, 0.5) is 0 Å². The Bertz CT molecular complexity index is 1720. The minimum Gasteiger partial charge on any atom is -0.663 e. The van der Waals surface area contributed by atoms with Crippen molar-refractivity contribution in [3.05, 3.63) is 131 Å². The number of benzene rings is 3. The summed E-state index contributed by atoms with van der Waals surface area (Å²) in [7, 11) is 0. The molecule has 0 amide bonds. The quantitative estimate of drug-likeness (QED) is 0.267. The molecule has 3 aromatic carbocycles. The molecule has 6 aromatic rings. The van der Waals surface area contributed by atoms with E-state index in [1.807, 2.05) is 66.9 Å². The number of fused-ring (bicyclic) bond motifs is 2. The first-order chi connectivity index (χ1) is 16.3. The van der Waals surface area contributed by atoms with Gasteiger partial charge in [0, 0.05) is 23.5 Å². The van der Waals surface area contributed by atoms with E-state index in [1.54, 1.807) is 6.20 Å². The third-order valence-electron chi connectivity index (χ3n) is 5.71. The first kappa shape index (κ1) is 22.0. The third kappa shape index (κ3) is 4.35. The molecular weight excluding hydrogens is 597 g/mol. The molecule has 0 aliphatic rings. The van der Waals surface area contributed by atoms with Gasteiger partial charge < -0.3 is 4.98 Å². The molecule has 0 fully saturated rings. The molecule has 0 atom stereocenters. The van der Waals surface area contributed by atoms with Crippen molar-refractivity contribution in [3.8, 4) is 11.3 Å². The first-order valence-electron chi connectivity index (χ1n) is 10.9. The third-order valence-corrected chi connectivity index (χ3v) is 5.71. The second-order valence-electron chi connectivity index (χ2n) is 7.91. The summed E-state index contributed by atoms with van der Waals surface area (Å²) in [6, 6.07) is 34.2. The van der Waals surface area contributed by atoms with Crippen LogP contribution in [0.1, 0.15) is 11.3 Å². The van der Waals surface area contributed by atoms with E-state index in [4.69, 9.17) is 4.98 Å². The molecule has 0 radical (unpaired) electrons. The van der Waals surface area contributed by atoms with Crippen molar-refractivity contribution in [1.82, 2.24) is 15.0 Å². The van der Waals surface area contributed by atoms with Crippen LogP contribution < -0.4 is 15.7 Å². The largest absolute Gasteiger partial charge is 2.00 e. The molecule has 0 unspecified atom stereocenters. The van der Waals surface area contributed by atoms with Crippen molar-refractivity contribution in [2.45, 2.75) is 0 Å². The summed E-state index contributed by atoms with van der Waals surface area (Å²) in [6.45, 7) is 0. The van der Waals surface area contributed by atoms with E-state index in [0.717, 1.165) is 49.4 Å². The summed E-state index contributed by atoms with van der Waals surface area (Å²) >= 11 is 0. The Morgan fingerprint density at radius 2 is 1.41 bits per heavy atom. The maximum atomic E-state index is 4.98. The van der Waals surface area contributed by atoms with E-state index >= 15 is 0 Å². The molecule has 0 saturated carbocycles. The summed E-state index contributed by atoms with van der Waals surface area (Å²) < 4.78 is 0. The molecule has 3 aromatic heterocycles. The van der Waals surface area contributed by atoms with Gasteiger partial charge in [0.2, 0.25) is 0 Å². The second kappa shape index (κ2) is 9.59. The van der Waals surface area contributed by atoms with Crippen LogP contribution in [0.5, 0.6) is 0 Å². The minimum absolute atomic E-state index is 0. The Morgan fingerprint density at radius 3 is 2.21 bits per heavy atom. The van der Waals surface area contributed by atoms with Crippen LogP contribution in [0.15, 0.2) is 103 Å². The Balaban J connectivity index is 0.00000241. The number of hydrogen-bond acceptors (Lipinski definition) is 2. The van der Waals surface area contributed by atoms with E-state index < -0.39 is 0 Å². The molecule has 0 aliphatic carbocycles. The molecule has 0 saturated heterocycles. The average molecular weight is 617 g/mol. The predicted molar refractivity (Wildman–Crippen MR) is 134 cm³/mol. The Kier molecular flexibility index (Phi) is 6.20. The van der Waals surface area contributed by atoms with Gasteiger partial charge in [-0.1, -0.05) is 72.3 Å². The van der Waals surface area contributed by atoms with E-state index in [9.17, 15) is 0 Å². The van der Waals surface area contributed by atoms with E-state index in [1.165, 1.54) is 5.39 Å². The molecular formula is C30H19N3Pt. The number of rotatable bonds is 3. The summed E-state index contributed by atoms with van der Waals surface area (Å²) in [5.41, 5.74) is 3.74. The van der Waals surface area contributed by atoms with Gasteiger partial charge in [-0.2, -0.15) is 5.35 Å². The van der Waals surface area contributed by atoms with Crippen molar-refractivity contribution < 1.29 is 21.1 Å². The Morgan fingerprint density at radius 1 is 0.676 bits per heavy atom. The average Bonchev–Trinajstić information content (AvgIpc) is 3.21. The zero-order valence-corrected chi connectivity index (χ0v) is 20.4. The van der Waals surface area contributed by atoms with Gasteiger partial charge in [0.15, 0.2) is 0 Å². The number of nitrogens with zero attached hydrogens (tertiary/aromatic N) is 3. The van der Waals surface area contributed by atoms with E-state index in [2.05, 4.69) is 58.5 Å². The topological polar surface area (TPSA) is 39.9 Å². The van der Waals surface area contributed by atoms with Gasteiger partial charge in [-0.3, -0.25) is 9.97 Å². The Hall–Kier alpha value is -3.81. The predicted octanol–water partition coefficient (Wildman–Crippen LogP) is 4.86. The smallest absolute Gasteiger partial charge is 0.663 e. The van der Waals surface area contributed by atoms with Crippen molar-refractivity contribution in [1.29, 1.82) is 0 Å². The fourth-order valence-electron chi connectivity index (χ4n) is 4.11. The SMILES string of the molecule is [Pt+2].[c-]1c(/C=c2\[n-]/c(=C\c3cc4ccccc4cn3)c3ccccc23)cccc1-c1ccccn1. The minimum atomic E-state index is 0. The van der Waals surface area contributed by atoms with Crippen LogP contribution >= 0.6 is 0 Å². The Labute approximate surface area is 211 Å². The zero-order valence-electron chi connectivity index (χ0n) is 18.1. The van der Waals surface area contributed by atoms with Crippen molar-refractivity contribution in [2.24, 2.45) is 0 Å². The van der Waals surface area contributed by atoms with Gasteiger partial charge in [-0.15, -0.1) is 41.3 Å². The summed E-state index contributed by atoms with van der Waals surface area (Å²) in [4.78, 5) is 14.1. The maximum Gasteiger partial charge on any atom is 2.00 e. The van der Waals surface area contributed by atoms with Gasteiger partial charge in [-0.25, -0.2) is 0 Å². The van der Waals surface area contributed by atoms with Crippen LogP contribution in [0.25, 0.3) is 45.0 Å². The van der Waals surface area contributed by atoms with Crippen LogP contribution in [-0.2, 0) is 21.1 Å². The van der Waals surface area contributed by atoms with Gasteiger partial charge in [0.25, 0.3) is 0 Å². The van der Waals surface area contributed by atoms with Crippen LogP contribution in [0, 0.1) is 6.07 Å². The molecule has 3 nitrogen and oxygen atoms in total. The molecule has 0 N–H and O–H groups in total. The zero-order chi connectivity index (χ0) is 22.0. The molecule has 3 heterocycles. The van der Waals surface area contributed by atoms with E-state index in [0.29, 0.717) is 0 Å². The van der Waals surface area contributed by atoms with Gasteiger partial charge in [-0.05, 0) is 28.3 Å². The van der Waals surface area contributed by atoms with Gasteiger partial charge >= 0.3 is 21.1 Å². The summed E-state index contributed by atoms with van der Waals surface area (Å²) in [5.74, 6) is 0. The van der Waals surface area contributed by atoms with Crippen molar-refractivity contribution >= 4 is 33.7 Å². The summed E-state index contributed by atoms with van der Waals surface area (Å²) in [5, 5.41) is 6.36. The molecule has 4 heteroatoms. The van der Waals surface area contributed by atoms with Crippen LogP contribution in [-0.4, -0.2) is 9.97 Å². The van der Waals surface area contributed by atoms with Crippen molar-refractivity contribution in [3.63, 3.8) is 0 Å². The molecule has 34 heavy (non-hydrogen) atoms. The molecule has 0 bridgehead atoms. The monoisotopic (exact) mass is 616 g/mol. The molecule has 0 spiro atoms. The normalized spacial score (nSPS) is 12.2. The maximum absolute atomic E-state index is 4.98. The first-order valence-corrected chi connectivity index (χ1v) is 10.9. The standard InChI is InChI=1S/C30H19N3.Pt/c1-2-10-24-20-32-25(18-22(24)9-1)19-30-27-13-4-3-12-26(27)29(33-30)17-21-8-7-11-23(16-21)28-14-5-6-15-31-28;/h1-15,17-20H;/q-2;+2/b29-17-,30-19-;. The second-order valence-corrected chi connectivity index (χ2v) is 7.91.